The molecule has 0 atom stereocenters. The Bertz CT molecular complexity index is 738. The van der Waals surface area contributed by atoms with Crippen molar-refractivity contribution in [2.24, 2.45) is 0 Å². The van der Waals surface area contributed by atoms with Crippen molar-refractivity contribution < 1.29 is 9.53 Å². The lowest BCUT2D eigenvalue weighted by Crippen LogP contribution is -1.92. The van der Waals surface area contributed by atoms with Crippen molar-refractivity contribution >= 4 is 17.8 Å². The van der Waals surface area contributed by atoms with Crippen molar-refractivity contribution in [2.45, 2.75) is 0 Å². The number of hydrogen-bond acceptors (Lipinski definition) is 3. The molecule has 0 bridgehead atoms. The van der Waals surface area contributed by atoms with Gasteiger partial charge in [0.1, 0.15) is 5.76 Å². The first-order chi connectivity index (χ1) is 9.29. The van der Waals surface area contributed by atoms with Gasteiger partial charge in [0, 0.05) is 5.56 Å². The normalized spacial score (nSPS) is 14.9. The van der Waals surface area contributed by atoms with Gasteiger partial charge < -0.3 is 4.74 Å². The number of esters is 1. The number of carbonyl (C=O) groups is 1. The van der Waals surface area contributed by atoms with Crippen LogP contribution in [0.1, 0.15) is 27.0 Å². The summed E-state index contributed by atoms with van der Waals surface area (Å²) in [5.41, 5.74) is 2.61. The first-order valence-electron chi connectivity index (χ1n) is 5.82. The molecular weight excluding hydrogens is 238 g/mol. The minimum absolute atomic E-state index is 0.351. The molecular formula is C16H9NO2. The van der Waals surface area contributed by atoms with Gasteiger partial charge in [-0.05, 0) is 23.8 Å². The van der Waals surface area contributed by atoms with E-state index >= 15 is 0 Å². The predicted octanol–water partition coefficient (Wildman–Crippen LogP) is 3.23. The highest BCUT2D eigenvalue weighted by Gasteiger charge is 2.25. The van der Waals surface area contributed by atoms with E-state index in [4.69, 9.17) is 10.00 Å². The van der Waals surface area contributed by atoms with E-state index in [1.54, 1.807) is 30.3 Å². The molecule has 1 heterocycles. The fraction of sp³-hybridized carbons (Fsp3) is 0. The van der Waals surface area contributed by atoms with Gasteiger partial charge in [-0.25, -0.2) is 4.79 Å². The highest BCUT2D eigenvalue weighted by Crippen LogP contribution is 2.31. The minimum atomic E-state index is -0.351. The molecule has 3 nitrogen and oxygen atoms in total. The molecule has 0 amide bonds. The molecule has 0 aromatic heterocycles. The maximum atomic E-state index is 11.7. The molecule has 1 aliphatic heterocycles. The Kier molecular flexibility index (Phi) is 2.62. The summed E-state index contributed by atoms with van der Waals surface area (Å²) in [7, 11) is 0. The zero-order valence-corrected chi connectivity index (χ0v) is 9.96. The second kappa shape index (κ2) is 4.43. The fourth-order valence-electron chi connectivity index (χ4n) is 2.06. The van der Waals surface area contributed by atoms with Crippen LogP contribution in [-0.2, 0) is 4.74 Å². The zero-order valence-electron chi connectivity index (χ0n) is 9.96. The fourth-order valence-corrected chi connectivity index (χ4v) is 2.06. The molecule has 3 heteroatoms. The molecule has 2 aromatic rings. The second-order valence-corrected chi connectivity index (χ2v) is 4.14. The van der Waals surface area contributed by atoms with Crippen molar-refractivity contribution in [1.29, 1.82) is 5.26 Å². The largest absolute Gasteiger partial charge is 0.422 e. The van der Waals surface area contributed by atoms with Gasteiger partial charge in [0.25, 0.3) is 0 Å². The van der Waals surface area contributed by atoms with Crippen LogP contribution in [0, 0.1) is 11.3 Å². The van der Waals surface area contributed by atoms with Gasteiger partial charge in [-0.1, -0.05) is 36.4 Å². The van der Waals surface area contributed by atoms with Crippen LogP contribution < -0.4 is 0 Å². The van der Waals surface area contributed by atoms with Gasteiger partial charge in [0.15, 0.2) is 0 Å². The summed E-state index contributed by atoms with van der Waals surface area (Å²) in [4.78, 5) is 11.7. The molecule has 0 saturated carbocycles. The van der Waals surface area contributed by atoms with Crippen LogP contribution in [0.3, 0.4) is 0 Å². The molecule has 0 fully saturated rings. The Morgan fingerprint density at radius 2 is 1.68 bits per heavy atom. The van der Waals surface area contributed by atoms with Crippen molar-refractivity contribution in [3.8, 4) is 6.07 Å². The number of nitrogens with zero attached hydrogens (tertiary/aromatic N) is 1. The summed E-state index contributed by atoms with van der Waals surface area (Å²) in [6, 6.07) is 16.5. The number of fused-ring (bicyclic) bond motifs is 1. The Balaban J connectivity index is 2.12. The summed E-state index contributed by atoms with van der Waals surface area (Å²) in [6.07, 6.45) is 1.72. The van der Waals surface area contributed by atoms with E-state index in [9.17, 15) is 4.79 Å². The molecule has 2 aromatic carbocycles. The number of benzene rings is 2. The van der Waals surface area contributed by atoms with E-state index in [-0.39, 0.29) is 5.97 Å². The molecule has 90 valence electrons. The highest BCUT2D eigenvalue weighted by molar-refractivity contribution is 6.05. The van der Waals surface area contributed by atoms with Gasteiger partial charge in [0.05, 0.1) is 17.2 Å². The third kappa shape index (κ3) is 1.90. The summed E-state index contributed by atoms with van der Waals surface area (Å²) < 4.78 is 5.25. The van der Waals surface area contributed by atoms with E-state index < -0.39 is 0 Å². The Labute approximate surface area is 110 Å². The smallest absolute Gasteiger partial charge is 0.344 e. The molecule has 0 N–H and O–H groups in total. The van der Waals surface area contributed by atoms with Crippen LogP contribution in [0.25, 0.3) is 11.8 Å². The third-order valence-electron chi connectivity index (χ3n) is 2.98. The van der Waals surface area contributed by atoms with E-state index in [0.29, 0.717) is 16.9 Å². The van der Waals surface area contributed by atoms with Crippen molar-refractivity contribution in [1.82, 2.24) is 0 Å². The number of ether oxygens (including phenoxy) is 1. The average molecular weight is 247 g/mol. The molecule has 3 rings (SSSR count). The van der Waals surface area contributed by atoms with Crippen LogP contribution in [-0.4, -0.2) is 5.97 Å². The van der Waals surface area contributed by atoms with Gasteiger partial charge in [-0.2, -0.15) is 5.26 Å². The SMILES string of the molecule is N#Cc1ccccc1C=C1OC(=O)c2ccccc21. The molecule has 1 aliphatic rings. The monoisotopic (exact) mass is 247 g/mol. The van der Waals surface area contributed by atoms with Gasteiger partial charge in [-0.3, -0.25) is 0 Å². The first-order valence-corrected chi connectivity index (χ1v) is 5.82. The van der Waals surface area contributed by atoms with Crippen LogP contribution in [0.2, 0.25) is 0 Å². The van der Waals surface area contributed by atoms with Crippen LogP contribution in [0.15, 0.2) is 48.5 Å². The summed E-state index contributed by atoms with van der Waals surface area (Å²) in [5, 5.41) is 9.05. The standard InChI is InChI=1S/C16H9NO2/c17-10-12-6-2-1-5-11(12)9-15-13-7-3-4-8-14(13)16(18)19-15/h1-9H. The lowest BCUT2D eigenvalue weighted by molar-refractivity contribution is 0.0717. The molecule has 0 unspecified atom stereocenters. The van der Waals surface area contributed by atoms with E-state index in [2.05, 4.69) is 6.07 Å². The van der Waals surface area contributed by atoms with E-state index in [1.807, 2.05) is 24.3 Å². The minimum Gasteiger partial charge on any atom is -0.422 e. The number of nitriles is 1. The van der Waals surface area contributed by atoms with E-state index in [1.165, 1.54) is 0 Å². The Hall–Kier alpha value is -2.86. The third-order valence-corrected chi connectivity index (χ3v) is 2.98. The quantitative estimate of drug-likeness (QED) is 0.727. The average Bonchev–Trinajstić information content (AvgIpc) is 2.77. The molecule has 19 heavy (non-hydrogen) atoms. The van der Waals surface area contributed by atoms with Gasteiger partial charge >= 0.3 is 5.97 Å². The van der Waals surface area contributed by atoms with Gasteiger partial charge in [-0.15, -0.1) is 0 Å². The van der Waals surface area contributed by atoms with Crippen molar-refractivity contribution in [2.75, 3.05) is 0 Å². The van der Waals surface area contributed by atoms with Crippen LogP contribution in [0.5, 0.6) is 0 Å². The summed E-state index contributed by atoms with van der Waals surface area (Å²) in [6.45, 7) is 0. The second-order valence-electron chi connectivity index (χ2n) is 4.14. The highest BCUT2D eigenvalue weighted by atomic mass is 16.5. The van der Waals surface area contributed by atoms with Crippen LogP contribution in [0.4, 0.5) is 0 Å². The number of carbonyl (C=O) groups excluding carboxylic acids is 1. The number of rotatable bonds is 1. The molecule has 0 radical (unpaired) electrons. The number of cyclic esters (lactones) is 1. The Morgan fingerprint density at radius 3 is 2.47 bits per heavy atom. The maximum absolute atomic E-state index is 11.7. The Morgan fingerprint density at radius 1 is 1.00 bits per heavy atom. The van der Waals surface area contributed by atoms with Crippen LogP contribution >= 0.6 is 0 Å². The lowest BCUT2D eigenvalue weighted by Gasteiger charge is -2.00. The van der Waals surface area contributed by atoms with Gasteiger partial charge in [0.2, 0.25) is 0 Å². The summed E-state index contributed by atoms with van der Waals surface area (Å²) >= 11 is 0. The molecule has 0 spiro atoms. The van der Waals surface area contributed by atoms with E-state index in [0.717, 1.165) is 11.1 Å². The lowest BCUT2D eigenvalue weighted by atomic mass is 10.0. The maximum Gasteiger partial charge on any atom is 0.344 e. The number of hydrogen-bond donors (Lipinski definition) is 0. The molecule has 0 saturated heterocycles. The predicted molar refractivity (Wildman–Crippen MR) is 70.9 cm³/mol. The van der Waals surface area contributed by atoms with Crippen molar-refractivity contribution in [3.05, 3.63) is 70.8 Å². The first kappa shape index (κ1) is 11.2. The van der Waals surface area contributed by atoms with Crippen molar-refractivity contribution in [3.63, 3.8) is 0 Å². The molecule has 0 aliphatic carbocycles. The summed E-state index contributed by atoms with van der Waals surface area (Å²) in [5.74, 6) is 0.139. The topological polar surface area (TPSA) is 50.1 Å². The zero-order chi connectivity index (χ0) is 13.2.